The fourth-order valence-electron chi connectivity index (χ4n) is 10.2. The van der Waals surface area contributed by atoms with Gasteiger partial charge in [0.05, 0.1) is 51.8 Å². The van der Waals surface area contributed by atoms with Gasteiger partial charge in [-0.25, -0.2) is 4.98 Å². The van der Waals surface area contributed by atoms with Gasteiger partial charge in [0.1, 0.15) is 35.0 Å². The molecule has 5 aromatic heterocycles. The smallest absolute Gasteiger partial charge is 0.247 e. The van der Waals surface area contributed by atoms with Crippen LogP contribution in [-0.4, -0.2) is 149 Å². The molecule has 77 heavy (non-hydrogen) atoms. The van der Waals surface area contributed by atoms with Crippen LogP contribution >= 0.6 is 38.6 Å². The van der Waals surface area contributed by atoms with Crippen LogP contribution in [0.3, 0.4) is 0 Å². The van der Waals surface area contributed by atoms with E-state index in [0.717, 1.165) is 123 Å². The highest BCUT2D eigenvalue weighted by molar-refractivity contribution is 7.59. The number of benzene rings is 2. The normalized spacial score (nSPS) is 18.4. The number of H-pyrrole nitrogens is 2. The topological polar surface area (TPSA) is 249 Å². The first-order valence-corrected chi connectivity index (χ1v) is 26.1. The van der Waals surface area contributed by atoms with Gasteiger partial charge in [-0.15, -0.1) is 0 Å². The maximum atomic E-state index is 13.1. The van der Waals surface area contributed by atoms with Crippen molar-refractivity contribution >= 4 is 101 Å². The van der Waals surface area contributed by atoms with Crippen molar-refractivity contribution in [3.63, 3.8) is 0 Å². The van der Waals surface area contributed by atoms with Gasteiger partial charge in [0.25, 0.3) is 0 Å². The number of likely N-dealkylation sites (N-methyl/N-ethyl adjacent to an activating group) is 2. The number of carbonyl (C=O) groups excluding carboxylic acids is 2. The summed E-state index contributed by atoms with van der Waals surface area (Å²) in [5, 5.41) is 17.2. The molecular weight excluding hydrogens is 1030 g/mol. The number of rotatable bonds is 11. The monoisotopic (exact) mass is 1100 g/mol. The molecule has 4 atom stereocenters. The van der Waals surface area contributed by atoms with E-state index in [9.17, 15) is 9.59 Å². The van der Waals surface area contributed by atoms with Crippen LogP contribution in [-0.2, 0) is 22.4 Å². The van der Waals surface area contributed by atoms with Gasteiger partial charge in [-0.2, -0.15) is 47.0 Å². The van der Waals surface area contributed by atoms with E-state index in [1.807, 2.05) is 48.2 Å². The molecule has 2 unspecified atom stereocenters. The molecule has 0 radical (unpaired) electrons. The Labute approximate surface area is 468 Å². The lowest BCUT2D eigenvalue weighted by molar-refractivity contribution is -0.136. The molecular formula is C54H73ClN18O2S2. The van der Waals surface area contributed by atoms with Gasteiger partial charge in [0.2, 0.25) is 23.0 Å². The minimum Gasteiger partial charge on any atom is -0.403 e. The SMILES string of the molecule is CC(=NC(C)C(=O)N1CCN(C)CC1)C(N)=CN.Cc1c(Nc2nc(N[C@H]3CCc4ccccc43)c3cc[nH]c3n2)cnn1C(C)C(=O)N1CCN(C)CC1.Clc1nc(N[C@H]2CCc3ccccc32)c2cc[nH]c2n1.S.S. The molecule has 2 aliphatic carbocycles. The van der Waals surface area contributed by atoms with E-state index >= 15 is 0 Å². The summed E-state index contributed by atoms with van der Waals surface area (Å²) in [5.74, 6) is 2.21. The molecule has 7 heterocycles. The molecule has 0 bridgehead atoms. The number of aromatic amines is 2. The highest BCUT2D eigenvalue weighted by Gasteiger charge is 2.29. The van der Waals surface area contributed by atoms with Gasteiger partial charge < -0.3 is 57.0 Å². The number of anilines is 4. The van der Waals surface area contributed by atoms with E-state index < -0.39 is 6.04 Å². The van der Waals surface area contributed by atoms with Crippen molar-refractivity contribution in [3.8, 4) is 0 Å². The highest BCUT2D eigenvalue weighted by atomic mass is 35.5. The number of allylic oxidation sites excluding steroid dienone is 1. The summed E-state index contributed by atoms with van der Waals surface area (Å²) in [6, 6.07) is 20.8. The molecule has 2 aromatic carbocycles. The van der Waals surface area contributed by atoms with Crippen LogP contribution in [0.15, 0.2) is 96.1 Å². The van der Waals surface area contributed by atoms with E-state index in [1.54, 1.807) is 24.7 Å². The second kappa shape index (κ2) is 26.0. The number of halogens is 1. The lowest BCUT2D eigenvalue weighted by Gasteiger charge is -2.34. The molecule has 2 saturated heterocycles. The predicted molar refractivity (Wildman–Crippen MR) is 318 cm³/mol. The highest BCUT2D eigenvalue weighted by Crippen LogP contribution is 2.37. The Morgan fingerprint density at radius 3 is 1.79 bits per heavy atom. The molecule has 0 saturated carbocycles. The summed E-state index contributed by atoms with van der Waals surface area (Å²) >= 11 is 5.98. The van der Waals surface area contributed by atoms with Crippen molar-refractivity contribution in [3.05, 3.63) is 124 Å². The number of piperazine rings is 2. The number of aryl methyl sites for hydroxylation is 2. The number of aromatic nitrogens is 8. The first-order valence-electron chi connectivity index (χ1n) is 25.8. The van der Waals surface area contributed by atoms with Gasteiger partial charge in [-0.05, 0) is 113 Å². The number of fused-ring (bicyclic) bond motifs is 4. The molecule has 4 aliphatic rings. The Morgan fingerprint density at radius 2 is 1.25 bits per heavy atom. The largest absolute Gasteiger partial charge is 0.403 e. The molecule has 23 heteroatoms. The molecule has 9 N–H and O–H groups in total. The molecule has 2 fully saturated rings. The first kappa shape index (κ1) is 57.8. The molecule has 0 spiro atoms. The van der Waals surface area contributed by atoms with Crippen molar-refractivity contribution < 1.29 is 9.59 Å². The lowest BCUT2D eigenvalue weighted by Crippen LogP contribution is -2.49. The zero-order valence-corrected chi connectivity index (χ0v) is 47.4. The van der Waals surface area contributed by atoms with E-state index in [0.29, 0.717) is 17.4 Å². The van der Waals surface area contributed by atoms with Crippen LogP contribution in [0.4, 0.5) is 23.3 Å². The third-order valence-electron chi connectivity index (χ3n) is 14.7. The molecule has 20 nitrogen and oxygen atoms in total. The molecule has 410 valence electrons. The Bertz CT molecular complexity index is 3200. The number of nitrogens with zero attached hydrogens (tertiary/aromatic N) is 11. The van der Waals surface area contributed by atoms with Crippen LogP contribution in [0.2, 0.25) is 5.28 Å². The molecule has 11 rings (SSSR count). The number of amides is 2. The van der Waals surface area contributed by atoms with Gasteiger partial charge >= 0.3 is 0 Å². The fourth-order valence-corrected chi connectivity index (χ4v) is 10.3. The summed E-state index contributed by atoms with van der Waals surface area (Å²) in [4.78, 5) is 62.1. The van der Waals surface area contributed by atoms with Crippen molar-refractivity contribution in [2.24, 2.45) is 16.5 Å². The number of nitrogens with one attached hydrogen (secondary N) is 5. The Hall–Kier alpha value is -6.85. The van der Waals surface area contributed by atoms with Gasteiger partial charge in [0, 0.05) is 71.0 Å². The van der Waals surface area contributed by atoms with Crippen molar-refractivity contribution in [1.29, 1.82) is 0 Å². The number of hydrogen-bond donors (Lipinski definition) is 7. The van der Waals surface area contributed by atoms with Crippen LogP contribution in [0.5, 0.6) is 0 Å². The Morgan fingerprint density at radius 1 is 0.740 bits per heavy atom. The second-order valence-corrected chi connectivity index (χ2v) is 20.1. The Balaban J connectivity index is 0.000000182. The van der Waals surface area contributed by atoms with Crippen LogP contribution < -0.4 is 27.4 Å². The summed E-state index contributed by atoms with van der Waals surface area (Å²) < 4.78 is 1.78. The summed E-state index contributed by atoms with van der Waals surface area (Å²) in [6.07, 6.45) is 11.0. The van der Waals surface area contributed by atoms with Crippen molar-refractivity contribution in [2.75, 3.05) is 82.4 Å². The molecule has 2 amide bonds. The quantitative estimate of drug-likeness (QED) is 0.0512. The zero-order chi connectivity index (χ0) is 52.8. The van der Waals surface area contributed by atoms with Crippen LogP contribution in [0.25, 0.3) is 22.1 Å². The average molecular weight is 1110 g/mol. The fraction of sp³-hybridized carbons (Fsp3) is 0.407. The lowest BCUT2D eigenvalue weighted by atomic mass is 10.1. The summed E-state index contributed by atoms with van der Waals surface area (Å²) in [5.41, 5.74) is 20.6. The Kier molecular flexibility index (Phi) is 19.5. The maximum Gasteiger partial charge on any atom is 0.247 e. The van der Waals surface area contributed by atoms with E-state index in [4.69, 9.17) is 28.1 Å². The van der Waals surface area contributed by atoms with E-state index in [1.165, 1.54) is 28.5 Å². The van der Waals surface area contributed by atoms with E-state index in [2.05, 4.69) is 123 Å². The van der Waals surface area contributed by atoms with Gasteiger partial charge in [0.15, 0.2) is 0 Å². The maximum absolute atomic E-state index is 13.1. The predicted octanol–water partition coefficient (Wildman–Crippen LogP) is 6.95. The molecule has 2 aliphatic heterocycles. The first-order chi connectivity index (χ1) is 36.2. The van der Waals surface area contributed by atoms with Crippen molar-refractivity contribution in [2.45, 2.75) is 77.5 Å². The third-order valence-corrected chi connectivity index (χ3v) is 14.8. The van der Waals surface area contributed by atoms with Gasteiger partial charge in [-0.3, -0.25) is 19.3 Å². The molecule has 7 aromatic rings. The average Bonchev–Trinajstić information content (AvgIpc) is 4.30. The summed E-state index contributed by atoms with van der Waals surface area (Å²) in [7, 11) is 4.14. The number of hydrogen-bond acceptors (Lipinski definition) is 15. The second-order valence-electron chi connectivity index (χ2n) is 19.7. The minimum atomic E-state index is -0.410. The van der Waals surface area contributed by atoms with Crippen molar-refractivity contribution in [1.82, 2.24) is 59.3 Å². The van der Waals surface area contributed by atoms with E-state index in [-0.39, 0.29) is 62.2 Å². The number of nitrogens with two attached hydrogens (primary N) is 2. The zero-order valence-electron chi connectivity index (χ0n) is 44.6. The summed E-state index contributed by atoms with van der Waals surface area (Å²) in [6.45, 7) is 14.0. The van der Waals surface area contributed by atoms with Gasteiger partial charge in [-0.1, -0.05) is 48.5 Å². The number of carbonyl (C=O) groups is 2. The standard InChI is InChI=1S/C27H33N9O.C15H13ClN4.C12H23N5O.2H2S/c1-17-23(16-29-36(17)18(2)26(37)35-14-12-34(3)13-15-35)31-27-32-24-21(10-11-28-24)25(33-27)30-22-9-8-19-6-4-5-7-20(19)22;16-15-19-13-11(7-8-17-13)14(20-15)18-12-6-5-9-3-1-2-4-10(9)12;1-9(11(14)8-13)15-10(2)12(18)17-6-4-16(3)5-7-17;;/h4-7,10-11,16,18,22H,8-9,12-15H2,1-3H3,(H3,28,30,31,32,33);1-4,7-8,12H,5-6H2,(H2,17,18,19,20);8,10H,4-7,13-14H2,1-3H3;2*1H2/t18?,22-;12-;;;/m00.../s1. The minimum absolute atomic E-state index is 0. The third kappa shape index (κ3) is 13.5. The number of aliphatic imine (C=N–C) groups is 1. The van der Waals surface area contributed by atoms with Crippen LogP contribution in [0.1, 0.15) is 79.7 Å². The van der Waals surface area contributed by atoms with Crippen LogP contribution in [0, 0.1) is 6.92 Å².